The summed E-state index contributed by atoms with van der Waals surface area (Å²) in [5.41, 5.74) is 1.43. The molecule has 43 heavy (non-hydrogen) atoms. The van der Waals surface area contributed by atoms with Crippen molar-refractivity contribution in [3.8, 4) is 0 Å². The van der Waals surface area contributed by atoms with Crippen LogP contribution < -0.4 is 10.6 Å². The first-order valence-corrected chi connectivity index (χ1v) is 15.9. The van der Waals surface area contributed by atoms with Crippen molar-refractivity contribution in [1.29, 1.82) is 0 Å². The Labute approximate surface area is 253 Å². The number of piperazine rings is 1. The number of nitrogens with one attached hydrogen (secondary N) is 2. The number of carbonyl (C=O) groups excluding carboxylic acids is 2. The first-order chi connectivity index (χ1) is 20.3. The lowest BCUT2D eigenvalue weighted by Crippen LogP contribution is -2.62. The minimum Gasteiger partial charge on any atom is -0.389 e. The third-order valence-corrected chi connectivity index (χ3v) is 9.24. The van der Waals surface area contributed by atoms with Gasteiger partial charge in [-0.3, -0.25) is 9.59 Å². The number of hydrogen-bond acceptors (Lipinski definition) is 6. The molecule has 0 spiro atoms. The van der Waals surface area contributed by atoms with Crippen LogP contribution in [-0.4, -0.2) is 104 Å². The van der Waals surface area contributed by atoms with Gasteiger partial charge >= 0.3 is 0 Å². The number of hydrogen-bond donors (Lipinski definition) is 3. The van der Waals surface area contributed by atoms with Gasteiger partial charge in [0.15, 0.2) is 0 Å². The summed E-state index contributed by atoms with van der Waals surface area (Å²) in [6, 6.07) is 5.93. The van der Waals surface area contributed by atoms with E-state index in [4.69, 9.17) is 0 Å². The van der Waals surface area contributed by atoms with E-state index < -0.39 is 45.9 Å². The summed E-state index contributed by atoms with van der Waals surface area (Å²) in [7, 11) is -0.945. The zero-order valence-electron chi connectivity index (χ0n) is 25.4. The Morgan fingerprint density at radius 2 is 1.65 bits per heavy atom. The van der Waals surface area contributed by atoms with Crippen LogP contribution in [-0.2, 0) is 16.6 Å². The van der Waals surface area contributed by atoms with Crippen molar-refractivity contribution in [2.24, 2.45) is 0 Å². The van der Waals surface area contributed by atoms with Crippen LogP contribution in [0.5, 0.6) is 0 Å². The van der Waals surface area contributed by atoms with E-state index >= 15 is 0 Å². The highest BCUT2D eigenvalue weighted by Gasteiger charge is 2.37. The average molecular weight is 624 g/mol. The quantitative estimate of drug-likeness (QED) is 0.315. The van der Waals surface area contributed by atoms with E-state index in [0.717, 1.165) is 35.3 Å². The normalized spacial score (nSPS) is 17.5. The van der Waals surface area contributed by atoms with Gasteiger partial charge in [-0.1, -0.05) is 13.8 Å². The monoisotopic (exact) mass is 623 g/mol. The number of nitrogens with zero attached hydrogens (tertiary/aromatic N) is 3. The number of aliphatic hydroxyl groups is 1. The van der Waals surface area contributed by atoms with Gasteiger partial charge in [-0.15, -0.1) is 0 Å². The molecule has 1 saturated heterocycles. The molecule has 0 saturated carbocycles. The van der Waals surface area contributed by atoms with Gasteiger partial charge in [0, 0.05) is 70.1 Å². The largest absolute Gasteiger partial charge is 0.389 e. The van der Waals surface area contributed by atoms with Crippen LogP contribution in [0.15, 0.2) is 36.4 Å². The minimum atomic E-state index is -3.77. The topological polar surface area (TPSA) is 122 Å². The number of benzene rings is 2. The third-order valence-electron chi connectivity index (χ3n) is 7.34. The highest BCUT2D eigenvalue weighted by molar-refractivity contribution is 7.86. The molecule has 3 rings (SSSR count). The molecule has 0 unspecified atom stereocenters. The van der Waals surface area contributed by atoms with Gasteiger partial charge in [0.25, 0.3) is 22.0 Å². The van der Waals surface area contributed by atoms with Crippen LogP contribution in [0.4, 0.5) is 8.78 Å². The fraction of sp³-hybridized carbons (Fsp3) is 0.533. The molecular formula is C30H43F2N5O5S. The molecule has 0 radical (unpaired) electrons. The average Bonchev–Trinajstić information content (AvgIpc) is 2.95. The van der Waals surface area contributed by atoms with Crippen LogP contribution in [0.3, 0.4) is 0 Å². The second-order valence-electron chi connectivity index (χ2n) is 11.1. The van der Waals surface area contributed by atoms with Crippen LogP contribution in [0.2, 0.25) is 0 Å². The van der Waals surface area contributed by atoms with Crippen molar-refractivity contribution >= 4 is 22.0 Å². The van der Waals surface area contributed by atoms with E-state index in [1.54, 1.807) is 24.0 Å². The molecule has 1 fully saturated rings. The number of halogens is 2. The molecule has 1 aliphatic rings. The Bertz CT molecular complexity index is 1360. The summed E-state index contributed by atoms with van der Waals surface area (Å²) in [4.78, 5) is 28.6. The van der Waals surface area contributed by atoms with Crippen molar-refractivity contribution in [1.82, 2.24) is 24.1 Å². The standard InChI is InChI=1S/C30H43F2N5O5S/c1-6-9-36(10-7-2)30(40)23-13-20(3)12-22(17-23)29(39)34-26(16-21-14-24(31)18-25(32)15-21)28(38)27-19-37(11-8-33-27)43(41,42)35(4)5/h12-15,17-18,26-28,33,38H,6-11,16,19H2,1-5H3,(H,34,39)/t26-,27+,28-/m0/s1. The van der Waals surface area contributed by atoms with Gasteiger partial charge in [0.05, 0.1) is 12.1 Å². The molecule has 2 amide bonds. The van der Waals surface area contributed by atoms with Crippen molar-refractivity contribution in [3.05, 3.63) is 70.3 Å². The zero-order valence-corrected chi connectivity index (χ0v) is 26.3. The Kier molecular flexibility index (Phi) is 12.2. The number of rotatable bonds is 13. The molecule has 0 aliphatic carbocycles. The fourth-order valence-electron chi connectivity index (χ4n) is 5.27. The highest BCUT2D eigenvalue weighted by Crippen LogP contribution is 2.19. The molecule has 3 N–H and O–H groups in total. The van der Waals surface area contributed by atoms with Crippen molar-refractivity contribution in [2.75, 3.05) is 46.8 Å². The van der Waals surface area contributed by atoms with E-state index in [9.17, 15) is 31.9 Å². The molecule has 2 aromatic rings. The lowest BCUT2D eigenvalue weighted by molar-refractivity contribution is 0.0595. The maximum Gasteiger partial charge on any atom is 0.281 e. The Morgan fingerprint density at radius 3 is 2.23 bits per heavy atom. The second-order valence-corrected chi connectivity index (χ2v) is 13.3. The SMILES string of the molecule is CCCN(CCC)C(=O)c1cc(C)cc(C(=O)N[C@@H](Cc2cc(F)cc(F)c2)[C@H](O)[C@H]2CN(S(=O)(=O)N(C)C)CCN2)c1. The van der Waals surface area contributed by atoms with Gasteiger partial charge in [-0.05, 0) is 67.6 Å². The van der Waals surface area contributed by atoms with E-state index in [1.807, 2.05) is 13.8 Å². The minimum absolute atomic E-state index is 0.0840. The molecular weight excluding hydrogens is 580 g/mol. The number of aliphatic hydroxyl groups excluding tert-OH is 1. The van der Waals surface area contributed by atoms with E-state index in [1.165, 1.54) is 24.5 Å². The smallest absolute Gasteiger partial charge is 0.281 e. The summed E-state index contributed by atoms with van der Waals surface area (Å²) < 4.78 is 55.9. The molecule has 2 aromatic carbocycles. The summed E-state index contributed by atoms with van der Waals surface area (Å²) in [6.07, 6.45) is 0.0887. The second kappa shape index (κ2) is 15.2. The van der Waals surface area contributed by atoms with Crippen molar-refractivity contribution in [3.63, 3.8) is 0 Å². The first kappa shape index (κ1) is 34.5. The number of amides is 2. The molecule has 0 bridgehead atoms. The maximum absolute atomic E-state index is 14.0. The third kappa shape index (κ3) is 9.02. The maximum atomic E-state index is 14.0. The molecule has 10 nitrogen and oxygen atoms in total. The summed E-state index contributed by atoms with van der Waals surface area (Å²) in [6.45, 7) is 7.24. The number of aryl methyl sites for hydroxylation is 1. The molecule has 13 heteroatoms. The molecule has 1 heterocycles. The van der Waals surface area contributed by atoms with Gasteiger partial charge in [0.2, 0.25) is 0 Å². The van der Waals surface area contributed by atoms with Gasteiger partial charge in [0.1, 0.15) is 11.6 Å². The lowest BCUT2D eigenvalue weighted by Gasteiger charge is -2.38. The molecule has 238 valence electrons. The van der Waals surface area contributed by atoms with E-state index in [-0.39, 0.29) is 43.1 Å². The Morgan fingerprint density at radius 1 is 1.05 bits per heavy atom. The number of carbonyl (C=O) groups is 2. The summed E-state index contributed by atoms with van der Waals surface area (Å²) in [5.74, 6) is -2.40. The molecule has 0 aromatic heterocycles. The Hall–Kier alpha value is -2.97. The molecule has 3 atom stereocenters. The first-order valence-electron chi connectivity index (χ1n) is 14.5. The van der Waals surface area contributed by atoms with Gasteiger partial charge in [-0.2, -0.15) is 17.0 Å². The Balaban J connectivity index is 1.92. The lowest BCUT2D eigenvalue weighted by atomic mass is 9.94. The highest BCUT2D eigenvalue weighted by atomic mass is 32.2. The molecule has 1 aliphatic heterocycles. The fourth-order valence-corrected chi connectivity index (χ4v) is 6.40. The van der Waals surface area contributed by atoms with Gasteiger partial charge in [-0.25, -0.2) is 8.78 Å². The predicted octanol–water partition coefficient (Wildman–Crippen LogP) is 2.32. The predicted molar refractivity (Wildman–Crippen MR) is 161 cm³/mol. The van der Waals surface area contributed by atoms with Crippen LogP contribution in [0, 0.1) is 18.6 Å². The van der Waals surface area contributed by atoms with Crippen molar-refractivity contribution in [2.45, 2.75) is 58.2 Å². The summed E-state index contributed by atoms with van der Waals surface area (Å²) >= 11 is 0. The van der Waals surface area contributed by atoms with Gasteiger partial charge < -0.3 is 20.6 Å². The summed E-state index contributed by atoms with van der Waals surface area (Å²) in [5, 5.41) is 17.4. The van der Waals surface area contributed by atoms with Crippen molar-refractivity contribution < 1.29 is 31.9 Å². The van der Waals surface area contributed by atoms with E-state index in [2.05, 4.69) is 10.6 Å². The van der Waals surface area contributed by atoms with E-state index in [0.29, 0.717) is 24.2 Å². The van der Waals surface area contributed by atoms with Crippen LogP contribution in [0.1, 0.15) is 58.5 Å². The van der Waals surface area contributed by atoms with Crippen LogP contribution >= 0.6 is 0 Å². The zero-order chi connectivity index (χ0) is 31.9. The van der Waals surface area contributed by atoms with Crippen LogP contribution in [0.25, 0.3) is 0 Å².